The molecule has 0 amide bonds. The van der Waals surface area contributed by atoms with Crippen molar-refractivity contribution in [3.8, 4) is 0 Å². The standard InChI is InChI=1S/C67H114O6/c1-4-7-10-13-16-19-22-25-27-29-30-31-32-33-34-35-36-38-39-42-45-48-51-54-57-60-66(69)72-63-64(62-71-65(68)59-56-53-50-47-44-41-24-21-18-15-12-9-6-3)73-67(70)61-58-55-52-49-46-43-40-37-28-26-23-20-17-14-11-8-5-2/h8,11-12,15,17,20-22,24-26,28-30,32-33,64H,4-7,9-10,13-14,16,18-19,23,27,31,34-63H2,1-3H3/b11-8-,15-12-,20-17-,24-21-,25-22-,28-26-,30-29-,33-32-. The molecule has 0 saturated heterocycles. The Morgan fingerprint density at radius 2 is 0.562 bits per heavy atom. The average molecular weight is 1020 g/mol. The fraction of sp³-hybridized carbons (Fsp3) is 0.716. The molecular formula is C67H114O6. The maximum absolute atomic E-state index is 12.9. The Hall–Kier alpha value is -3.67. The maximum Gasteiger partial charge on any atom is 0.306 e. The Bertz CT molecular complexity index is 1440. The van der Waals surface area contributed by atoms with Gasteiger partial charge in [0.1, 0.15) is 13.2 Å². The predicted molar refractivity (Wildman–Crippen MR) is 316 cm³/mol. The summed E-state index contributed by atoms with van der Waals surface area (Å²) >= 11 is 0. The van der Waals surface area contributed by atoms with Gasteiger partial charge in [0.15, 0.2) is 6.10 Å². The largest absolute Gasteiger partial charge is 0.462 e. The zero-order valence-electron chi connectivity index (χ0n) is 47.9. The normalized spacial score (nSPS) is 12.8. The molecule has 0 aliphatic rings. The molecule has 0 spiro atoms. The van der Waals surface area contributed by atoms with E-state index in [9.17, 15) is 14.4 Å². The van der Waals surface area contributed by atoms with Crippen LogP contribution in [0.3, 0.4) is 0 Å². The predicted octanol–water partition coefficient (Wildman–Crippen LogP) is 20.9. The number of unbranched alkanes of at least 4 members (excludes halogenated alkanes) is 28. The van der Waals surface area contributed by atoms with Crippen molar-refractivity contribution in [2.45, 2.75) is 297 Å². The molecule has 1 atom stereocenters. The molecule has 6 nitrogen and oxygen atoms in total. The van der Waals surface area contributed by atoms with Crippen molar-refractivity contribution in [3.63, 3.8) is 0 Å². The summed E-state index contributed by atoms with van der Waals surface area (Å²) in [5, 5.41) is 0. The minimum absolute atomic E-state index is 0.0884. The van der Waals surface area contributed by atoms with Gasteiger partial charge in [-0.2, -0.15) is 0 Å². The molecule has 0 aromatic rings. The van der Waals surface area contributed by atoms with Gasteiger partial charge in [0, 0.05) is 19.3 Å². The first-order valence-corrected chi connectivity index (χ1v) is 30.7. The fourth-order valence-electron chi connectivity index (χ4n) is 8.44. The van der Waals surface area contributed by atoms with E-state index >= 15 is 0 Å². The Morgan fingerprint density at radius 1 is 0.288 bits per heavy atom. The number of ether oxygens (including phenoxy) is 3. The molecule has 0 N–H and O–H groups in total. The third-order valence-corrected chi connectivity index (χ3v) is 13.0. The van der Waals surface area contributed by atoms with E-state index in [0.717, 1.165) is 128 Å². The minimum Gasteiger partial charge on any atom is -0.462 e. The topological polar surface area (TPSA) is 78.9 Å². The van der Waals surface area contributed by atoms with E-state index in [1.165, 1.54) is 122 Å². The smallest absolute Gasteiger partial charge is 0.306 e. The van der Waals surface area contributed by atoms with E-state index < -0.39 is 6.10 Å². The van der Waals surface area contributed by atoms with Crippen LogP contribution in [0.2, 0.25) is 0 Å². The minimum atomic E-state index is -0.792. The fourth-order valence-corrected chi connectivity index (χ4v) is 8.44. The van der Waals surface area contributed by atoms with Gasteiger partial charge in [0.2, 0.25) is 0 Å². The van der Waals surface area contributed by atoms with Crippen LogP contribution in [-0.2, 0) is 28.6 Å². The number of carbonyl (C=O) groups excluding carboxylic acids is 3. The van der Waals surface area contributed by atoms with Crippen LogP contribution in [-0.4, -0.2) is 37.2 Å². The van der Waals surface area contributed by atoms with Gasteiger partial charge in [-0.3, -0.25) is 14.4 Å². The molecule has 0 aromatic heterocycles. The van der Waals surface area contributed by atoms with Gasteiger partial charge in [0.05, 0.1) is 0 Å². The van der Waals surface area contributed by atoms with Crippen LogP contribution >= 0.6 is 0 Å². The molecule has 0 rings (SSSR count). The maximum atomic E-state index is 12.9. The van der Waals surface area contributed by atoms with Crippen molar-refractivity contribution in [3.05, 3.63) is 97.2 Å². The van der Waals surface area contributed by atoms with Crippen LogP contribution in [0.25, 0.3) is 0 Å². The number of hydrogen-bond acceptors (Lipinski definition) is 6. The highest BCUT2D eigenvalue weighted by atomic mass is 16.6. The summed E-state index contributed by atoms with van der Waals surface area (Å²) in [6, 6.07) is 0. The molecule has 0 fully saturated rings. The van der Waals surface area contributed by atoms with Crippen molar-refractivity contribution >= 4 is 17.9 Å². The monoisotopic (exact) mass is 1010 g/mol. The third kappa shape index (κ3) is 59.1. The highest BCUT2D eigenvalue weighted by Gasteiger charge is 2.19. The highest BCUT2D eigenvalue weighted by molar-refractivity contribution is 5.71. The zero-order valence-corrected chi connectivity index (χ0v) is 47.9. The molecular weight excluding hydrogens is 901 g/mol. The molecule has 0 aromatic carbocycles. The molecule has 1 unspecified atom stereocenters. The summed E-state index contributed by atoms with van der Waals surface area (Å²) in [7, 11) is 0. The van der Waals surface area contributed by atoms with Crippen molar-refractivity contribution in [1.29, 1.82) is 0 Å². The first-order valence-electron chi connectivity index (χ1n) is 30.7. The number of esters is 3. The lowest BCUT2D eigenvalue weighted by Crippen LogP contribution is -2.30. The number of carbonyl (C=O) groups is 3. The van der Waals surface area contributed by atoms with Crippen LogP contribution in [0.5, 0.6) is 0 Å². The van der Waals surface area contributed by atoms with Gasteiger partial charge < -0.3 is 14.2 Å². The molecule has 73 heavy (non-hydrogen) atoms. The van der Waals surface area contributed by atoms with Crippen molar-refractivity contribution < 1.29 is 28.6 Å². The van der Waals surface area contributed by atoms with E-state index in [0.29, 0.717) is 19.3 Å². The van der Waals surface area contributed by atoms with Crippen LogP contribution in [0.4, 0.5) is 0 Å². The van der Waals surface area contributed by atoms with Gasteiger partial charge in [0.25, 0.3) is 0 Å². The lowest BCUT2D eigenvalue weighted by atomic mass is 10.1. The molecule has 0 bridgehead atoms. The first-order chi connectivity index (χ1) is 36.0. The summed E-state index contributed by atoms with van der Waals surface area (Å²) < 4.78 is 16.9. The number of allylic oxidation sites excluding steroid dienone is 16. The van der Waals surface area contributed by atoms with Crippen molar-refractivity contribution in [1.82, 2.24) is 0 Å². The van der Waals surface area contributed by atoms with Crippen LogP contribution in [0.15, 0.2) is 97.2 Å². The van der Waals surface area contributed by atoms with E-state index in [4.69, 9.17) is 14.2 Å². The highest BCUT2D eigenvalue weighted by Crippen LogP contribution is 2.15. The second-order valence-electron chi connectivity index (χ2n) is 20.2. The Labute approximate surface area is 451 Å². The molecule has 0 saturated carbocycles. The van der Waals surface area contributed by atoms with E-state index in [1.54, 1.807) is 0 Å². The number of rotatable bonds is 55. The Balaban J connectivity index is 4.34. The summed E-state index contributed by atoms with van der Waals surface area (Å²) in [6.45, 7) is 6.45. The molecule has 0 aliphatic carbocycles. The molecule has 0 heterocycles. The summed E-state index contributed by atoms with van der Waals surface area (Å²) in [5.74, 6) is -0.911. The Kier molecular flexibility index (Phi) is 57.8. The average Bonchev–Trinajstić information content (AvgIpc) is 3.39. The molecule has 0 radical (unpaired) electrons. The molecule has 0 aliphatic heterocycles. The lowest BCUT2D eigenvalue weighted by molar-refractivity contribution is -0.167. The lowest BCUT2D eigenvalue weighted by Gasteiger charge is -2.18. The SMILES string of the molecule is CC/C=C\C/C=C\C/C=C\CCCCCCCCCC(=O)OC(COC(=O)CCCCCCC/C=C\C/C=C\CCC)COC(=O)CCCCCCCCCCCC/C=C\C/C=C\C/C=C\CCCCCCC. The van der Waals surface area contributed by atoms with Crippen LogP contribution in [0, 0.1) is 0 Å². The summed E-state index contributed by atoms with van der Waals surface area (Å²) in [4.78, 5) is 38.2. The van der Waals surface area contributed by atoms with Gasteiger partial charge in [-0.25, -0.2) is 0 Å². The van der Waals surface area contributed by atoms with Crippen LogP contribution < -0.4 is 0 Å². The Morgan fingerprint density at radius 3 is 0.890 bits per heavy atom. The summed E-state index contributed by atoms with van der Waals surface area (Å²) in [5.41, 5.74) is 0. The third-order valence-electron chi connectivity index (χ3n) is 13.0. The van der Waals surface area contributed by atoms with E-state index in [2.05, 4.69) is 118 Å². The second kappa shape index (κ2) is 60.9. The van der Waals surface area contributed by atoms with E-state index in [1.807, 2.05) is 0 Å². The van der Waals surface area contributed by atoms with Crippen molar-refractivity contribution in [2.75, 3.05) is 13.2 Å². The second-order valence-corrected chi connectivity index (χ2v) is 20.2. The van der Waals surface area contributed by atoms with Crippen LogP contribution in [0.1, 0.15) is 290 Å². The number of hydrogen-bond donors (Lipinski definition) is 0. The zero-order chi connectivity index (χ0) is 52.9. The van der Waals surface area contributed by atoms with Gasteiger partial charge in [-0.15, -0.1) is 0 Å². The molecule has 418 valence electrons. The van der Waals surface area contributed by atoms with E-state index in [-0.39, 0.29) is 31.1 Å². The first kappa shape index (κ1) is 69.3. The summed E-state index contributed by atoms with van der Waals surface area (Å²) in [6.07, 6.45) is 81.2. The van der Waals surface area contributed by atoms with Gasteiger partial charge in [-0.05, 0) is 116 Å². The molecule has 6 heteroatoms. The van der Waals surface area contributed by atoms with Crippen molar-refractivity contribution in [2.24, 2.45) is 0 Å². The quantitative estimate of drug-likeness (QED) is 0.0261. The van der Waals surface area contributed by atoms with Gasteiger partial charge >= 0.3 is 17.9 Å². The van der Waals surface area contributed by atoms with Gasteiger partial charge in [-0.1, -0.05) is 253 Å².